The number of carbonyl (C=O) groups is 1. The average molecular weight is 307 g/mol. The number of amides is 1. The van der Waals surface area contributed by atoms with Crippen LogP contribution in [0.3, 0.4) is 0 Å². The van der Waals surface area contributed by atoms with Crippen LogP contribution in [0.2, 0.25) is 0 Å². The molecule has 1 aliphatic heterocycles. The molecule has 6 heteroatoms. The van der Waals surface area contributed by atoms with E-state index in [1.165, 1.54) is 23.9 Å². The highest BCUT2D eigenvalue weighted by atomic mass is 32.1. The van der Waals surface area contributed by atoms with Crippen LogP contribution in [0.1, 0.15) is 40.7 Å². The molecule has 3 rings (SSSR count). The van der Waals surface area contributed by atoms with E-state index in [-0.39, 0.29) is 5.91 Å². The van der Waals surface area contributed by atoms with E-state index >= 15 is 0 Å². The van der Waals surface area contributed by atoms with Crippen molar-refractivity contribution in [2.75, 3.05) is 0 Å². The van der Waals surface area contributed by atoms with E-state index in [2.05, 4.69) is 5.32 Å². The van der Waals surface area contributed by atoms with Crippen molar-refractivity contribution < 1.29 is 19.1 Å². The molecule has 112 valence electrons. The highest BCUT2D eigenvalue weighted by Gasteiger charge is 2.44. The minimum absolute atomic E-state index is 0.262. The summed E-state index contributed by atoms with van der Waals surface area (Å²) >= 11 is 1.46. The number of aryl methyl sites for hydroxylation is 1. The van der Waals surface area contributed by atoms with Gasteiger partial charge in [0, 0.05) is 0 Å². The second-order valence-electron chi connectivity index (χ2n) is 5.72. The summed E-state index contributed by atoms with van der Waals surface area (Å²) in [4.78, 5) is 13.2. The number of thiophene rings is 1. The lowest BCUT2D eigenvalue weighted by atomic mass is 9.90. The van der Waals surface area contributed by atoms with Gasteiger partial charge in [0.15, 0.2) is 0 Å². The van der Waals surface area contributed by atoms with Crippen molar-refractivity contribution in [3.8, 4) is 5.75 Å². The van der Waals surface area contributed by atoms with Gasteiger partial charge in [-0.1, -0.05) is 0 Å². The number of aliphatic hydroxyl groups excluding tert-OH is 1. The van der Waals surface area contributed by atoms with Gasteiger partial charge in [-0.25, -0.2) is 0 Å². The van der Waals surface area contributed by atoms with Crippen LogP contribution < -0.4 is 10.1 Å². The number of fused-ring (bicyclic) bond motifs is 1. The lowest BCUT2D eigenvalue weighted by molar-refractivity contribution is -0.0612. The second kappa shape index (κ2) is 4.89. The number of carbonyl (C=O) groups excluding carboxylic acids is 1. The molecule has 2 aromatic rings. The fourth-order valence-electron chi connectivity index (χ4n) is 2.47. The Morgan fingerprint density at radius 3 is 2.86 bits per heavy atom. The molecule has 0 spiro atoms. The third-order valence-corrected chi connectivity index (χ3v) is 4.71. The van der Waals surface area contributed by atoms with Gasteiger partial charge in [-0.15, -0.1) is 11.3 Å². The summed E-state index contributed by atoms with van der Waals surface area (Å²) in [7, 11) is 0. The number of hydrogen-bond donors (Lipinski definition) is 2. The maximum absolute atomic E-state index is 12.4. The zero-order valence-electron chi connectivity index (χ0n) is 12.0. The predicted molar refractivity (Wildman–Crippen MR) is 78.7 cm³/mol. The average Bonchev–Trinajstić information content (AvgIpc) is 3.02. The van der Waals surface area contributed by atoms with Gasteiger partial charge < -0.3 is 19.6 Å². The summed E-state index contributed by atoms with van der Waals surface area (Å²) in [6.45, 7) is 5.42. The monoisotopic (exact) mass is 307 g/mol. The van der Waals surface area contributed by atoms with E-state index < -0.39 is 17.7 Å². The predicted octanol–water partition coefficient (Wildman–Crippen LogP) is 2.65. The van der Waals surface area contributed by atoms with Crippen LogP contribution in [0.15, 0.2) is 28.4 Å². The van der Waals surface area contributed by atoms with Crippen LogP contribution in [-0.2, 0) is 0 Å². The Labute approximate surface area is 126 Å². The topological polar surface area (TPSA) is 71.7 Å². The van der Waals surface area contributed by atoms with Crippen LogP contribution in [0, 0.1) is 6.92 Å². The molecular weight excluding hydrogens is 290 g/mol. The van der Waals surface area contributed by atoms with Crippen molar-refractivity contribution in [3.05, 3.63) is 40.0 Å². The molecule has 0 saturated carbocycles. The summed E-state index contributed by atoms with van der Waals surface area (Å²) in [6.07, 6.45) is 2.10. The Morgan fingerprint density at radius 2 is 2.19 bits per heavy atom. The Hall–Kier alpha value is -1.79. The first-order chi connectivity index (χ1) is 9.90. The van der Waals surface area contributed by atoms with Crippen LogP contribution in [-0.4, -0.2) is 22.7 Å². The molecule has 0 unspecified atom stereocenters. The van der Waals surface area contributed by atoms with Gasteiger partial charge in [-0.2, -0.15) is 0 Å². The Morgan fingerprint density at radius 1 is 1.43 bits per heavy atom. The first-order valence-corrected chi connectivity index (χ1v) is 7.56. The van der Waals surface area contributed by atoms with Gasteiger partial charge in [0.05, 0.1) is 22.7 Å². The highest BCUT2D eigenvalue weighted by molar-refractivity contribution is 7.10. The molecule has 0 radical (unpaired) electrons. The summed E-state index contributed by atoms with van der Waals surface area (Å²) in [5.41, 5.74) is 0.474. The van der Waals surface area contributed by atoms with Crippen LogP contribution in [0.25, 0.3) is 0 Å². The Bertz CT molecular complexity index is 673. The van der Waals surface area contributed by atoms with E-state index in [9.17, 15) is 9.90 Å². The third-order valence-electron chi connectivity index (χ3n) is 3.73. The van der Waals surface area contributed by atoms with Crippen molar-refractivity contribution in [1.82, 2.24) is 5.32 Å². The number of aliphatic hydroxyl groups is 1. The first-order valence-electron chi connectivity index (χ1n) is 6.68. The van der Waals surface area contributed by atoms with Gasteiger partial charge in [-0.05, 0) is 37.8 Å². The molecule has 0 aliphatic carbocycles. The highest BCUT2D eigenvalue weighted by Crippen LogP contribution is 2.43. The van der Waals surface area contributed by atoms with Crippen molar-refractivity contribution in [2.24, 2.45) is 0 Å². The van der Waals surface area contributed by atoms with E-state index in [1.807, 2.05) is 11.4 Å². The number of furan rings is 1. The Kier molecular flexibility index (Phi) is 3.30. The third kappa shape index (κ3) is 2.34. The minimum atomic E-state index is -0.834. The first kappa shape index (κ1) is 14.2. The minimum Gasteiger partial charge on any atom is -0.484 e. The van der Waals surface area contributed by atoms with Gasteiger partial charge in [0.1, 0.15) is 23.7 Å². The van der Waals surface area contributed by atoms with Gasteiger partial charge in [0.25, 0.3) is 5.91 Å². The molecule has 5 nitrogen and oxygen atoms in total. The molecule has 2 N–H and O–H groups in total. The number of nitrogens with one attached hydrogen (secondary N) is 1. The van der Waals surface area contributed by atoms with Crippen molar-refractivity contribution in [2.45, 2.75) is 38.5 Å². The van der Waals surface area contributed by atoms with Crippen molar-refractivity contribution >= 4 is 17.2 Å². The van der Waals surface area contributed by atoms with E-state index in [4.69, 9.17) is 9.15 Å². The zero-order valence-corrected chi connectivity index (χ0v) is 12.9. The largest absolute Gasteiger partial charge is 0.484 e. The number of hydrogen-bond acceptors (Lipinski definition) is 5. The quantitative estimate of drug-likeness (QED) is 0.894. The maximum Gasteiger partial charge on any atom is 0.255 e. The molecule has 1 aliphatic rings. The molecule has 0 saturated heterocycles. The lowest BCUT2D eigenvalue weighted by Gasteiger charge is -2.40. The molecule has 0 aromatic carbocycles. The van der Waals surface area contributed by atoms with E-state index in [0.717, 1.165) is 10.4 Å². The van der Waals surface area contributed by atoms with Crippen molar-refractivity contribution in [1.29, 1.82) is 0 Å². The van der Waals surface area contributed by atoms with E-state index in [1.54, 1.807) is 20.8 Å². The zero-order chi connectivity index (χ0) is 15.2. The van der Waals surface area contributed by atoms with Gasteiger partial charge in [0.2, 0.25) is 0 Å². The molecule has 21 heavy (non-hydrogen) atoms. The number of rotatable bonds is 2. The van der Waals surface area contributed by atoms with E-state index in [0.29, 0.717) is 11.3 Å². The molecule has 0 bridgehead atoms. The molecule has 3 heterocycles. The molecule has 1 amide bonds. The van der Waals surface area contributed by atoms with Gasteiger partial charge in [-0.3, -0.25) is 4.79 Å². The van der Waals surface area contributed by atoms with Gasteiger partial charge >= 0.3 is 0 Å². The second-order valence-corrected chi connectivity index (χ2v) is 6.67. The summed E-state index contributed by atoms with van der Waals surface area (Å²) in [5.74, 6) is 0.451. The molecular formula is C15H17NO4S. The molecule has 2 aromatic heterocycles. The maximum atomic E-state index is 12.4. The van der Waals surface area contributed by atoms with Crippen LogP contribution in [0.5, 0.6) is 5.75 Å². The van der Waals surface area contributed by atoms with Crippen LogP contribution >= 0.6 is 11.3 Å². The summed E-state index contributed by atoms with van der Waals surface area (Å²) in [6, 6.07) is 1.36. The van der Waals surface area contributed by atoms with Crippen molar-refractivity contribution in [3.63, 3.8) is 0 Å². The lowest BCUT2D eigenvalue weighted by Crippen LogP contribution is -2.53. The number of ether oxygens (including phenoxy) is 1. The summed E-state index contributed by atoms with van der Waals surface area (Å²) < 4.78 is 10.8. The molecule has 0 fully saturated rings. The fraction of sp³-hybridized carbons (Fsp3) is 0.400. The standard InChI is InChI=1S/C15H17NO4S/c1-8-6-19-7-9(8)14(18)16-11-12-10(4-5-21-12)20-15(2,3)13(11)17/h4-7,11,13,17H,1-3H3,(H,16,18)/t11-,13+/m0/s1. The SMILES string of the molecule is Cc1cocc1C(=O)N[C@H]1c2sccc2OC(C)(C)[C@@H]1O. The fourth-order valence-corrected chi connectivity index (χ4v) is 3.36. The summed E-state index contributed by atoms with van der Waals surface area (Å²) in [5, 5.41) is 15.3. The smallest absolute Gasteiger partial charge is 0.255 e. The molecule has 2 atom stereocenters. The normalized spacial score (nSPS) is 23.2. The Balaban J connectivity index is 1.91. The van der Waals surface area contributed by atoms with Crippen LogP contribution in [0.4, 0.5) is 0 Å².